The Balaban J connectivity index is 2.04. The van der Waals surface area contributed by atoms with E-state index >= 15 is 0 Å². The zero-order valence-electron chi connectivity index (χ0n) is 11.9. The summed E-state index contributed by atoms with van der Waals surface area (Å²) in [4.78, 5) is 11.5. The molecule has 3 heteroatoms. The van der Waals surface area contributed by atoms with Crippen LogP contribution in [0.25, 0.3) is 0 Å². The summed E-state index contributed by atoms with van der Waals surface area (Å²) in [7, 11) is 1.68. The number of amides is 1. The number of hydrogen-bond donors (Lipinski definition) is 2. The molecule has 2 unspecified atom stereocenters. The van der Waals surface area contributed by atoms with Crippen LogP contribution in [-0.2, 0) is 11.2 Å². The van der Waals surface area contributed by atoms with Crippen LogP contribution in [0.2, 0.25) is 0 Å². The second-order valence-corrected chi connectivity index (χ2v) is 5.62. The number of carbonyl (C=O) groups excluding carboxylic acids is 1. The maximum Gasteiger partial charge on any atom is 0.224 e. The van der Waals surface area contributed by atoms with Gasteiger partial charge in [0.1, 0.15) is 0 Å². The highest BCUT2D eigenvalue weighted by atomic mass is 16.1. The molecule has 2 N–H and O–H groups in total. The summed E-state index contributed by atoms with van der Waals surface area (Å²) >= 11 is 0. The molecule has 0 radical (unpaired) electrons. The molecule has 1 aromatic rings. The van der Waals surface area contributed by atoms with Crippen LogP contribution in [0.5, 0.6) is 0 Å². The fourth-order valence-corrected chi connectivity index (χ4v) is 2.86. The van der Waals surface area contributed by atoms with Gasteiger partial charge in [0.25, 0.3) is 0 Å². The van der Waals surface area contributed by atoms with Crippen LogP contribution < -0.4 is 10.6 Å². The summed E-state index contributed by atoms with van der Waals surface area (Å²) < 4.78 is 0. The number of nitrogens with one attached hydrogen (secondary N) is 2. The molecule has 104 valence electrons. The minimum atomic E-state index is 0.0614. The lowest BCUT2D eigenvalue weighted by atomic mass is 9.87. The molecule has 19 heavy (non-hydrogen) atoms. The first kappa shape index (κ1) is 13.9. The third-order valence-corrected chi connectivity index (χ3v) is 3.94. The molecule has 1 aromatic carbocycles. The Kier molecular flexibility index (Phi) is 4.83. The van der Waals surface area contributed by atoms with Gasteiger partial charge in [0, 0.05) is 18.8 Å². The van der Waals surface area contributed by atoms with Gasteiger partial charge >= 0.3 is 0 Å². The van der Waals surface area contributed by atoms with Crippen molar-refractivity contribution in [2.45, 2.75) is 45.1 Å². The molecule has 2 atom stereocenters. The van der Waals surface area contributed by atoms with E-state index in [4.69, 9.17) is 0 Å². The Bertz CT molecular complexity index is 431. The van der Waals surface area contributed by atoms with Crippen molar-refractivity contribution in [2.24, 2.45) is 5.92 Å². The van der Waals surface area contributed by atoms with Crippen molar-refractivity contribution in [3.05, 3.63) is 29.8 Å². The van der Waals surface area contributed by atoms with Crippen molar-refractivity contribution in [3.63, 3.8) is 0 Å². The molecular formula is C16H24N2O. The highest BCUT2D eigenvalue weighted by Gasteiger charge is 2.19. The molecule has 0 spiro atoms. The van der Waals surface area contributed by atoms with E-state index in [2.05, 4.69) is 23.6 Å². The molecule has 1 fully saturated rings. The van der Waals surface area contributed by atoms with Crippen LogP contribution >= 0.6 is 0 Å². The topological polar surface area (TPSA) is 41.1 Å². The van der Waals surface area contributed by atoms with Gasteiger partial charge in [-0.2, -0.15) is 0 Å². The van der Waals surface area contributed by atoms with Crippen LogP contribution in [0, 0.1) is 5.92 Å². The normalized spacial score (nSPS) is 22.8. The van der Waals surface area contributed by atoms with Crippen LogP contribution in [0.1, 0.15) is 38.2 Å². The lowest BCUT2D eigenvalue weighted by Gasteiger charge is -2.29. The van der Waals surface area contributed by atoms with Crippen LogP contribution in [0.15, 0.2) is 24.3 Å². The van der Waals surface area contributed by atoms with E-state index in [1.165, 1.54) is 25.7 Å². The number of anilines is 1. The summed E-state index contributed by atoms with van der Waals surface area (Å²) in [6.45, 7) is 2.32. The number of hydrogen-bond acceptors (Lipinski definition) is 2. The number of rotatable bonds is 4. The first-order chi connectivity index (χ1) is 9.19. The van der Waals surface area contributed by atoms with Crippen molar-refractivity contribution >= 4 is 11.6 Å². The highest BCUT2D eigenvalue weighted by Crippen LogP contribution is 2.27. The van der Waals surface area contributed by atoms with Gasteiger partial charge in [0.2, 0.25) is 5.91 Å². The van der Waals surface area contributed by atoms with Crippen LogP contribution in [-0.4, -0.2) is 19.0 Å². The number of carbonyl (C=O) groups is 1. The SMILES string of the molecule is CNC(=O)Cc1ccccc1NC1CCCC(C)C1. The van der Waals surface area contributed by atoms with Crippen LogP contribution in [0.3, 0.4) is 0 Å². The lowest BCUT2D eigenvalue weighted by molar-refractivity contribution is -0.119. The van der Waals surface area contributed by atoms with Gasteiger partial charge in [0.05, 0.1) is 6.42 Å². The van der Waals surface area contributed by atoms with Crippen molar-refractivity contribution in [1.29, 1.82) is 0 Å². The van der Waals surface area contributed by atoms with Gasteiger partial charge in [-0.25, -0.2) is 0 Å². The van der Waals surface area contributed by atoms with E-state index in [0.717, 1.165) is 17.2 Å². The summed E-state index contributed by atoms with van der Waals surface area (Å²) in [6, 6.07) is 8.69. The quantitative estimate of drug-likeness (QED) is 0.874. The first-order valence-electron chi connectivity index (χ1n) is 7.24. The molecule has 1 aliphatic carbocycles. The summed E-state index contributed by atoms with van der Waals surface area (Å²) in [5.41, 5.74) is 2.20. The lowest BCUT2D eigenvalue weighted by Crippen LogP contribution is -2.27. The van der Waals surface area contributed by atoms with Gasteiger partial charge in [0.15, 0.2) is 0 Å². The molecule has 1 aliphatic rings. The van der Waals surface area contributed by atoms with Crippen LogP contribution in [0.4, 0.5) is 5.69 Å². The number of para-hydroxylation sites is 1. The summed E-state index contributed by atoms with van der Waals surface area (Å²) in [5.74, 6) is 0.864. The van der Waals surface area contributed by atoms with Crippen molar-refractivity contribution in [2.75, 3.05) is 12.4 Å². The fraction of sp³-hybridized carbons (Fsp3) is 0.562. The second-order valence-electron chi connectivity index (χ2n) is 5.62. The van der Waals surface area contributed by atoms with Gasteiger partial charge in [-0.1, -0.05) is 38.0 Å². The Morgan fingerprint density at radius 3 is 2.84 bits per heavy atom. The molecule has 0 heterocycles. The zero-order chi connectivity index (χ0) is 13.7. The summed E-state index contributed by atoms with van der Waals surface area (Å²) in [6.07, 6.45) is 5.56. The largest absolute Gasteiger partial charge is 0.382 e. The third-order valence-electron chi connectivity index (χ3n) is 3.94. The molecule has 3 nitrogen and oxygen atoms in total. The van der Waals surface area contributed by atoms with Crippen molar-refractivity contribution in [3.8, 4) is 0 Å². The van der Waals surface area contributed by atoms with Gasteiger partial charge in [-0.3, -0.25) is 4.79 Å². The Labute approximate surface area is 115 Å². The maximum atomic E-state index is 11.5. The van der Waals surface area contributed by atoms with E-state index in [-0.39, 0.29) is 5.91 Å². The van der Waals surface area contributed by atoms with E-state index in [1.54, 1.807) is 7.05 Å². The third kappa shape index (κ3) is 3.98. The average Bonchev–Trinajstić information content (AvgIpc) is 2.41. The predicted octanol–water partition coefficient (Wildman–Crippen LogP) is 2.97. The van der Waals surface area contributed by atoms with E-state index < -0.39 is 0 Å². The van der Waals surface area contributed by atoms with E-state index in [1.807, 2.05) is 18.2 Å². The first-order valence-corrected chi connectivity index (χ1v) is 7.24. The predicted molar refractivity (Wildman–Crippen MR) is 79.3 cm³/mol. The maximum absolute atomic E-state index is 11.5. The van der Waals surface area contributed by atoms with E-state index in [0.29, 0.717) is 12.5 Å². The second kappa shape index (κ2) is 6.60. The smallest absolute Gasteiger partial charge is 0.224 e. The number of likely N-dealkylation sites (N-methyl/N-ethyl adjacent to an activating group) is 1. The fourth-order valence-electron chi connectivity index (χ4n) is 2.86. The molecule has 0 aromatic heterocycles. The van der Waals surface area contributed by atoms with Crippen molar-refractivity contribution < 1.29 is 4.79 Å². The standard InChI is InChI=1S/C16H24N2O/c1-12-6-5-8-14(10-12)18-15-9-4-3-7-13(15)11-16(19)17-2/h3-4,7,9,12,14,18H,5-6,8,10-11H2,1-2H3,(H,17,19). The molecule has 1 amide bonds. The Morgan fingerprint density at radius 2 is 2.11 bits per heavy atom. The van der Waals surface area contributed by atoms with E-state index in [9.17, 15) is 4.79 Å². The van der Waals surface area contributed by atoms with Gasteiger partial charge < -0.3 is 10.6 Å². The molecule has 0 saturated heterocycles. The highest BCUT2D eigenvalue weighted by molar-refractivity contribution is 5.80. The number of benzene rings is 1. The monoisotopic (exact) mass is 260 g/mol. The van der Waals surface area contributed by atoms with Gasteiger partial charge in [-0.05, 0) is 30.4 Å². The Morgan fingerprint density at radius 1 is 1.32 bits per heavy atom. The molecule has 0 bridgehead atoms. The minimum absolute atomic E-state index is 0.0614. The minimum Gasteiger partial charge on any atom is -0.382 e. The molecule has 2 rings (SSSR count). The summed E-state index contributed by atoms with van der Waals surface area (Å²) in [5, 5.41) is 6.31. The molecular weight excluding hydrogens is 236 g/mol. The van der Waals surface area contributed by atoms with Crippen molar-refractivity contribution in [1.82, 2.24) is 5.32 Å². The average molecular weight is 260 g/mol. The van der Waals surface area contributed by atoms with Gasteiger partial charge in [-0.15, -0.1) is 0 Å². The molecule has 1 saturated carbocycles. The molecule has 0 aliphatic heterocycles. The Hall–Kier alpha value is -1.51. The zero-order valence-corrected chi connectivity index (χ0v) is 11.9.